The molecule has 1 aliphatic heterocycles. The lowest BCUT2D eigenvalue weighted by molar-refractivity contribution is -0.140. The number of benzene rings is 1. The molecule has 0 amide bonds. The summed E-state index contributed by atoms with van der Waals surface area (Å²) < 4.78 is 17.3. The lowest BCUT2D eigenvalue weighted by Crippen LogP contribution is -2.23. The van der Waals surface area contributed by atoms with Crippen LogP contribution in [0, 0.1) is 6.92 Å². The molecule has 0 saturated carbocycles. The number of rotatable bonds is 7. The average Bonchev–Trinajstić information content (AvgIpc) is 2.87. The predicted molar refractivity (Wildman–Crippen MR) is 102 cm³/mol. The molecule has 5 nitrogen and oxygen atoms in total. The van der Waals surface area contributed by atoms with Crippen LogP contribution in [0.4, 0.5) is 0 Å². The SMILES string of the molecule is CC(=O)OCCc1c(Br)c(C)c2c(c1OCC[Si](C)(C)C)C(=O)OC2. The fraction of sp³-hybridized carbons (Fsp3) is 0.556. The topological polar surface area (TPSA) is 61.8 Å². The van der Waals surface area contributed by atoms with Gasteiger partial charge in [0.15, 0.2) is 0 Å². The molecule has 25 heavy (non-hydrogen) atoms. The summed E-state index contributed by atoms with van der Waals surface area (Å²) in [6.45, 7) is 11.2. The molecule has 0 bridgehead atoms. The number of halogens is 1. The van der Waals surface area contributed by atoms with Gasteiger partial charge in [0.2, 0.25) is 0 Å². The van der Waals surface area contributed by atoms with Crippen molar-refractivity contribution in [2.24, 2.45) is 0 Å². The monoisotopic (exact) mass is 428 g/mol. The van der Waals surface area contributed by atoms with Gasteiger partial charge in [0.1, 0.15) is 17.9 Å². The van der Waals surface area contributed by atoms with E-state index in [0.717, 1.165) is 27.2 Å². The fourth-order valence-corrected chi connectivity index (χ4v) is 4.01. The maximum Gasteiger partial charge on any atom is 0.342 e. The van der Waals surface area contributed by atoms with Crippen molar-refractivity contribution in [3.63, 3.8) is 0 Å². The van der Waals surface area contributed by atoms with E-state index in [2.05, 4.69) is 35.6 Å². The molecule has 7 heteroatoms. The lowest BCUT2D eigenvalue weighted by atomic mass is 9.97. The maximum atomic E-state index is 12.2. The van der Waals surface area contributed by atoms with Crippen molar-refractivity contribution in [3.05, 3.63) is 26.7 Å². The number of cyclic esters (lactones) is 1. The number of carbonyl (C=O) groups is 2. The second-order valence-corrected chi connectivity index (χ2v) is 13.8. The molecule has 2 rings (SSSR count). The van der Waals surface area contributed by atoms with E-state index in [4.69, 9.17) is 14.2 Å². The Bertz CT molecular complexity index is 694. The van der Waals surface area contributed by atoms with Crippen LogP contribution >= 0.6 is 15.9 Å². The van der Waals surface area contributed by atoms with Crippen LogP contribution in [0.5, 0.6) is 5.75 Å². The first-order chi connectivity index (χ1) is 11.6. The molecule has 0 saturated heterocycles. The molecule has 0 fully saturated rings. The molecule has 1 aliphatic rings. The smallest absolute Gasteiger partial charge is 0.342 e. The lowest BCUT2D eigenvalue weighted by Gasteiger charge is -2.21. The Morgan fingerprint density at radius 1 is 1.28 bits per heavy atom. The van der Waals surface area contributed by atoms with E-state index in [0.29, 0.717) is 24.3 Å². The van der Waals surface area contributed by atoms with Gasteiger partial charge in [-0.1, -0.05) is 35.6 Å². The van der Waals surface area contributed by atoms with Crippen molar-refractivity contribution >= 4 is 35.9 Å². The first-order valence-electron chi connectivity index (χ1n) is 8.39. The maximum absolute atomic E-state index is 12.2. The minimum Gasteiger partial charge on any atom is -0.493 e. The summed E-state index contributed by atoms with van der Waals surface area (Å²) in [4.78, 5) is 23.3. The number of carbonyl (C=O) groups excluding carboxylic acids is 2. The zero-order valence-corrected chi connectivity index (χ0v) is 18.0. The van der Waals surface area contributed by atoms with Crippen molar-refractivity contribution in [1.82, 2.24) is 0 Å². The Morgan fingerprint density at radius 2 is 1.96 bits per heavy atom. The molecule has 1 aromatic carbocycles. The molecular formula is C18H25BrO5Si. The summed E-state index contributed by atoms with van der Waals surface area (Å²) in [7, 11) is -1.26. The standard InChI is InChI=1S/C18H25BrO5Si/c1-11-14-10-24-18(21)15(14)17(23-8-9-25(3,4)5)13(16(11)19)6-7-22-12(2)20/h6-10H2,1-5H3. The van der Waals surface area contributed by atoms with Crippen molar-refractivity contribution in [3.8, 4) is 5.75 Å². The van der Waals surface area contributed by atoms with Crippen LogP contribution in [0.2, 0.25) is 25.7 Å². The fourth-order valence-electron chi connectivity index (χ4n) is 2.68. The van der Waals surface area contributed by atoms with Crippen LogP contribution in [-0.2, 0) is 27.3 Å². The van der Waals surface area contributed by atoms with Gasteiger partial charge in [-0.15, -0.1) is 0 Å². The number of esters is 2. The van der Waals surface area contributed by atoms with Crippen LogP contribution in [0.1, 0.15) is 34.0 Å². The van der Waals surface area contributed by atoms with E-state index < -0.39 is 8.07 Å². The minimum atomic E-state index is -1.26. The van der Waals surface area contributed by atoms with Crippen LogP contribution in [0.15, 0.2) is 4.47 Å². The molecule has 138 valence electrons. The van der Waals surface area contributed by atoms with E-state index in [-0.39, 0.29) is 25.2 Å². The highest BCUT2D eigenvalue weighted by Gasteiger charge is 2.32. The Balaban J connectivity index is 2.37. The molecule has 1 heterocycles. The largest absolute Gasteiger partial charge is 0.493 e. The summed E-state index contributed by atoms with van der Waals surface area (Å²) in [5.41, 5.74) is 3.22. The normalized spacial score (nSPS) is 13.4. The van der Waals surface area contributed by atoms with Gasteiger partial charge in [0.05, 0.1) is 13.2 Å². The first-order valence-corrected chi connectivity index (χ1v) is 12.9. The molecule has 0 radical (unpaired) electrons. The second-order valence-electron chi connectivity index (χ2n) is 7.43. The third kappa shape index (κ3) is 4.85. The first kappa shape index (κ1) is 20.0. The Morgan fingerprint density at radius 3 is 2.56 bits per heavy atom. The van der Waals surface area contributed by atoms with Gasteiger partial charge < -0.3 is 14.2 Å². The molecule has 1 aromatic rings. The molecule has 0 N–H and O–H groups in total. The summed E-state index contributed by atoms with van der Waals surface area (Å²) >= 11 is 3.62. The van der Waals surface area contributed by atoms with Gasteiger partial charge in [0, 0.05) is 37.0 Å². The summed E-state index contributed by atoms with van der Waals surface area (Å²) in [5.74, 6) is -0.0997. The molecule has 0 aliphatic carbocycles. The number of hydrogen-bond acceptors (Lipinski definition) is 5. The van der Waals surface area contributed by atoms with E-state index >= 15 is 0 Å². The van der Waals surface area contributed by atoms with Gasteiger partial charge in [-0.2, -0.15) is 0 Å². The predicted octanol–water partition coefficient (Wildman–Crippen LogP) is 4.25. The number of ether oxygens (including phenoxy) is 3. The van der Waals surface area contributed by atoms with Crippen molar-refractivity contribution in [2.45, 2.75) is 52.6 Å². The highest BCUT2D eigenvalue weighted by Crippen LogP contribution is 2.41. The van der Waals surface area contributed by atoms with E-state index in [1.807, 2.05) is 6.92 Å². The third-order valence-corrected chi connectivity index (χ3v) is 6.93. The van der Waals surface area contributed by atoms with E-state index in [1.54, 1.807) is 0 Å². The minimum absolute atomic E-state index is 0.242. The van der Waals surface area contributed by atoms with E-state index in [9.17, 15) is 9.59 Å². The number of fused-ring (bicyclic) bond motifs is 1. The average molecular weight is 429 g/mol. The molecule has 0 unspecified atom stereocenters. The Kier molecular flexibility index (Phi) is 6.32. The Hall–Kier alpha value is -1.34. The molecule has 0 aromatic heterocycles. The number of hydrogen-bond donors (Lipinski definition) is 0. The van der Waals surface area contributed by atoms with Crippen molar-refractivity contribution in [2.75, 3.05) is 13.2 Å². The molecular weight excluding hydrogens is 404 g/mol. The zero-order chi connectivity index (χ0) is 18.8. The second kappa shape index (κ2) is 7.91. The third-order valence-electron chi connectivity index (χ3n) is 4.16. The van der Waals surface area contributed by atoms with Crippen LogP contribution in [0.3, 0.4) is 0 Å². The highest BCUT2D eigenvalue weighted by atomic mass is 79.9. The van der Waals surface area contributed by atoms with Gasteiger partial charge in [0.25, 0.3) is 0 Å². The van der Waals surface area contributed by atoms with Gasteiger partial charge in [-0.3, -0.25) is 4.79 Å². The van der Waals surface area contributed by atoms with Crippen molar-refractivity contribution < 1.29 is 23.8 Å². The van der Waals surface area contributed by atoms with E-state index in [1.165, 1.54) is 6.92 Å². The summed E-state index contributed by atoms with van der Waals surface area (Å²) in [6, 6.07) is 0.992. The Labute approximate surface area is 158 Å². The van der Waals surface area contributed by atoms with Gasteiger partial charge in [-0.05, 0) is 18.5 Å². The summed E-state index contributed by atoms with van der Waals surface area (Å²) in [6.07, 6.45) is 0.476. The molecule has 0 atom stereocenters. The highest BCUT2D eigenvalue weighted by molar-refractivity contribution is 9.10. The van der Waals surface area contributed by atoms with Crippen LogP contribution in [0.25, 0.3) is 0 Å². The quantitative estimate of drug-likeness (QED) is 0.479. The van der Waals surface area contributed by atoms with Crippen molar-refractivity contribution in [1.29, 1.82) is 0 Å². The summed E-state index contributed by atoms with van der Waals surface area (Å²) in [5, 5.41) is 0. The van der Waals surface area contributed by atoms with Crippen LogP contribution < -0.4 is 4.74 Å². The molecule has 0 spiro atoms. The van der Waals surface area contributed by atoms with Gasteiger partial charge in [-0.25, -0.2) is 4.79 Å². The van der Waals surface area contributed by atoms with Gasteiger partial charge >= 0.3 is 11.9 Å². The zero-order valence-electron chi connectivity index (χ0n) is 15.5. The van der Waals surface area contributed by atoms with Crippen LogP contribution in [-0.4, -0.2) is 33.2 Å².